The molecule has 3 aromatic rings. The summed E-state index contributed by atoms with van der Waals surface area (Å²) in [6.07, 6.45) is 0. The van der Waals surface area contributed by atoms with E-state index in [1.807, 2.05) is 39.0 Å². The Morgan fingerprint density at radius 3 is 2.46 bits per heavy atom. The van der Waals surface area contributed by atoms with Crippen LogP contribution in [0, 0.1) is 27.7 Å². The number of nitrogens with one attached hydrogen (secondary N) is 1. The number of nitrogens with zero attached hydrogens (tertiary/aromatic N) is 4. The highest BCUT2D eigenvalue weighted by Crippen LogP contribution is 2.23. The predicted octanol–water partition coefficient (Wildman–Crippen LogP) is 3.87. The molecule has 3 rings (SSSR count). The molecule has 1 amide bonds. The van der Waals surface area contributed by atoms with Crippen molar-refractivity contribution in [2.24, 2.45) is 0 Å². The van der Waals surface area contributed by atoms with E-state index in [0.717, 1.165) is 22.4 Å². The van der Waals surface area contributed by atoms with Crippen molar-refractivity contribution in [3.63, 3.8) is 0 Å². The number of amides is 1. The molecule has 0 radical (unpaired) electrons. The molecule has 1 atom stereocenters. The molecule has 146 valence electrons. The maximum atomic E-state index is 12.4. The molecule has 1 heterocycles. The molecule has 0 unspecified atom stereocenters. The fourth-order valence-corrected chi connectivity index (χ4v) is 3.77. The summed E-state index contributed by atoms with van der Waals surface area (Å²) in [5.41, 5.74) is 6.70. The lowest BCUT2D eigenvalue weighted by Crippen LogP contribution is -2.28. The molecule has 28 heavy (non-hydrogen) atoms. The minimum atomic E-state index is -0.0537. The second-order valence-corrected chi connectivity index (χ2v) is 7.98. The molecule has 0 aliphatic carbocycles. The zero-order valence-electron chi connectivity index (χ0n) is 16.9. The molecule has 0 saturated heterocycles. The van der Waals surface area contributed by atoms with E-state index in [2.05, 4.69) is 52.9 Å². The number of hydrogen-bond acceptors (Lipinski definition) is 5. The molecule has 6 nitrogen and oxygen atoms in total. The van der Waals surface area contributed by atoms with E-state index in [4.69, 9.17) is 0 Å². The molecule has 0 spiro atoms. The van der Waals surface area contributed by atoms with E-state index in [1.54, 1.807) is 4.68 Å². The predicted molar refractivity (Wildman–Crippen MR) is 112 cm³/mol. The Kier molecular flexibility index (Phi) is 6.14. The number of benzene rings is 2. The summed E-state index contributed by atoms with van der Waals surface area (Å²) in [6.45, 7) is 10.2. The van der Waals surface area contributed by atoms with Gasteiger partial charge in [0, 0.05) is 0 Å². The van der Waals surface area contributed by atoms with Crippen LogP contribution in [0.2, 0.25) is 0 Å². The number of rotatable bonds is 6. The molecular weight excluding hydrogens is 370 g/mol. The van der Waals surface area contributed by atoms with Gasteiger partial charge in [0.2, 0.25) is 11.1 Å². The van der Waals surface area contributed by atoms with Crippen molar-refractivity contribution in [1.29, 1.82) is 0 Å². The molecule has 2 aromatic carbocycles. The van der Waals surface area contributed by atoms with Crippen molar-refractivity contribution in [3.05, 3.63) is 64.2 Å². The summed E-state index contributed by atoms with van der Waals surface area (Å²) in [5.74, 6) is 0.201. The first-order valence-corrected chi connectivity index (χ1v) is 10.2. The van der Waals surface area contributed by atoms with Crippen LogP contribution in [0.4, 0.5) is 0 Å². The van der Waals surface area contributed by atoms with Crippen molar-refractivity contribution >= 4 is 17.7 Å². The van der Waals surface area contributed by atoms with Gasteiger partial charge in [0.05, 0.1) is 17.5 Å². The Morgan fingerprint density at radius 1 is 1.07 bits per heavy atom. The lowest BCUT2D eigenvalue weighted by Gasteiger charge is -2.15. The van der Waals surface area contributed by atoms with Crippen molar-refractivity contribution < 1.29 is 4.79 Å². The first-order chi connectivity index (χ1) is 13.4. The van der Waals surface area contributed by atoms with Crippen molar-refractivity contribution in [2.75, 3.05) is 5.75 Å². The molecule has 0 aliphatic rings. The average Bonchev–Trinajstić information content (AvgIpc) is 3.10. The Balaban J connectivity index is 1.66. The Hall–Kier alpha value is -2.67. The second kappa shape index (κ2) is 8.56. The Morgan fingerprint density at radius 2 is 1.79 bits per heavy atom. The van der Waals surface area contributed by atoms with Crippen molar-refractivity contribution in [3.8, 4) is 5.69 Å². The summed E-state index contributed by atoms with van der Waals surface area (Å²) < 4.78 is 1.70. The number of thioether (sulfide) groups is 1. The van der Waals surface area contributed by atoms with Crippen LogP contribution in [0.3, 0.4) is 0 Å². The fourth-order valence-electron chi connectivity index (χ4n) is 3.08. The van der Waals surface area contributed by atoms with Crippen LogP contribution in [0.1, 0.15) is 40.8 Å². The zero-order chi connectivity index (χ0) is 20.3. The van der Waals surface area contributed by atoms with Gasteiger partial charge >= 0.3 is 0 Å². The van der Waals surface area contributed by atoms with Gasteiger partial charge in [-0.25, -0.2) is 0 Å². The molecule has 0 fully saturated rings. The van der Waals surface area contributed by atoms with Crippen LogP contribution in [-0.2, 0) is 4.79 Å². The van der Waals surface area contributed by atoms with Gasteiger partial charge in [-0.05, 0) is 72.9 Å². The quantitative estimate of drug-likeness (QED) is 0.642. The number of aromatic nitrogens is 4. The number of aryl methyl sites for hydroxylation is 4. The highest BCUT2D eigenvalue weighted by atomic mass is 32.2. The summed E-state index contributed by atoms with van der Waals surface area (Å²) in [5, 5.41) is 15.7. The summed E-state index contributed by atoms with van der Waals surface area (Å²) >= 11 is 1.33. The smallest absolute Gasteiger partial charge is 0.230 e. The number of carbonyl (C=O) groups is 1. The molecular formula is C21H25N5OS. The first kappa shape index (κ1) is 20.1. The van der Waals surface area contributed by atoms with Gasteiger partial charge in [0.1, 0.15) is 0 Å². The van der Waals surface area contributed by atoms with Gasteiger partial charge in [0.15, 0.2) is 0 Å². The second-order valence-electron chi connectivity index (χ2n) is 7.04. The van der Waals surface area contributed by atoms with Gasteiger partial charge < -0.3 is 5.32 Å². The van der Waals surface area contributed by atoms with Crippen molar-refractivity contribution in [2.45, 2.75) is 45.8 Å². The van der Waals surface area contributed by atoms with E-state index < -0.39 is 0 Å². The van der Waals surface area contributed by atoms with E-state index in [9.17, 15) is 4.79 Å². The molecule has 7 heteroatoms. The van der Waals surface area contributed by atoms with Crippen LogP contribution < -0.4 is 5.32 Å². The first-order valence-electron chi connectivity index (χ1n) is 9.21. The lowest BCUT2D eigenvalue weighted by molar-refractivity contribution is -0.119. The molecule has 0 bridgehead atoms. The minimum Gasteiger partial charge on any atom is -0.349 e. The molecule has 0 saturated carbocycles. The zero-order valence-corrected chi connectivity index (χ0v) is 17.7. The summed E-state index contributed by atoms with van der Waals surface area (Å²) in [7, 11) is 0. The van der Waals surface area contributed by atoms with E-state index >= 15 is 0 Å². The van der Waals surface area contributed by atoms with Gasteiger partial charge in [-0.3, -0.25) is 4.79 Å². The van der Waals surface area contributed by atoms with Crippen LogP contribution >= 0.6 is 11.8 Å². The van der Waals surface area contributed by atoms with Crippen LogP contribution in [0.25, 0.3) is 5.69 Å². The third kappa shape index (κ3) is 4.42. The maximum absolute atomic E-state index is 12.4. The average molecular weight is 396 g/mol. The number of hydrogen-bond donors (Lipinski definition) is 1. The van der Waals surface area contributed by atoms with E-state index in [0.29, 0.717) is 5.16 Å². The molecule has 1 aromatic heterocycles. The number of tetrazole rings is 1. The largest absolute Gasteiger partial charge is 0.349 e. The van der Waals surface area contributed by atoms with Gasteiger partial charge in [-0.1, -0.05) is 48.2 Å². The summed E-state index contributed by atoms with van der Waals surface area (Å²) in [6, 6.07) is 12.3. The third-order valence-electron chi connectivity index (χ3n) is 4.83. The van der Waals surface area contributed by atoms with E-state index in [1.165, 1.54) is 22.9 Å². The van der Waals surface area contributed by atoms with Gasteiger partial charge in [0.25, 0.3) is 0 Å². The van der Waals surface area contributed by atoms with Gasteiger partial charge in [-0.15, -0.1) is 5.10 Å². The molecule has 1 N–H and O–H groups in total. The van der Waals surface area contributed by atoms with Gasteiger partial charge in [-0.2, -0.15) is 4.68 Å². The highest BCUT2D eigenvalue weighted by Gasteiger charge is 2.16. The fraction of sp³-hybridized carbons (Fsp3) is 0.333. The topological polar surface area (TPSA) is 72.7 Å². The lowest BCUT2D eigenvalue weighted by atomic mass is 10.0. The maximum Gasteiger partial charge on any atom is 0.230 e. The highest BCUT2D eigenvalue weighted by molar-refractivity contribution is 7.99. The number of carbonyl (C=O) groups excluding carboxylic acids is 1. The summed E-state index contributed by atoms with van der Waals surface area (Å²) in [4.78, 5) is 12.4. The van der Waals surface area contributed by atoms with Crippen molar-refractivity contribution in [1.82, 2.24) is 25.5 Å². The molecule has 0 aliphatic heterocycles. The normalized spacial score (nSPS) is 12.0. The Labute approximate surface area is 169 Å². The van der Waals surface area contributed by atoms with Crippen LogP contribution in [-0.4, -0.2) is 31.9 Å². The third-order valence-corrected chi connectivity index (χ3v) is 5.75. The minimum absolute atomic E-state index is 0.0493. The van der Waals surface area contributed by atoms with Crippen LogP contribution in [0.5, 0.6) is 0 Å². The van der Waals surface area contributed by atoms with Crippen LogP contribution in [0.15, 0.2) is 41.6 Å². The van der Waals surface area contributed by atoms with E-state index in [-0.39, 0.29) is 17.7 Å². The monoisotopic (exact) mass is 395 g/mol. The Bertz CT molecular complexity index is 978. The SMILES string of the molecule is Cc1ccc([C@H](C)NC(=O)CSc2nnnn2-c2c(C)cccc2C)cc1C. The number of para-hydroxylation sites is 1. The standard InChI is InChI=1S/C21H25N5OS/c1-13-9-10-18(11-16(13)4)17(5)22-19(27)12-28-21-23-24-25-26(21)20-14(2)7-6-8-15(20)3/h6-11,17H,12H2,1-5H3,(H,22,27)/t17-/m0/s1.